The molecule has 1 aromatic heterocycles. The van der Waals surface area contributed by atoms with E-state index in [4.69, 9.17) is 9.47 Å². The molecule has 0 bridgehead atoms. The lowest BCUT2D eigenvalue weighted by molar-refractivity contribution is -0.149. The SMILES string of the molecule is CCOC(=O)[C@H]1CCCN(C(=O)c2cccc(Nc3c(Oc4ccc(F)cc4)cnn(-c4ccc(F)cc4)c3=O)c2)C1. The topological polar surface area (TPSA) is 103 Å². The minimum Gasteiger partial charge on any atom is -0.466 e. The van der Waals surface area contributed by atoms with Gasteiger partial charge in [-0.3, -0.25) is 14.4 Å². The van der Waals surface area contributed by atoms with Crippen molar-refractivity contribution in [2.24, 2.45) is 5.92 Å². The van der Waals surface area contributed by atoms with E-state index in [9.17, 15) is 23.2 Å². The van der Waals surface area contributed by atoms with Crippen LogP contribution in [-0.2, 0) is 9.53 Å². The Labute approximate surface area is 240 Å². The highest BCUT2D eigenvalue weighted by molar-refractivity contribution is 5.95. The molecule has 9 nitrogen and oxygen atoms in total. The minimum absolute atomic E-state index is 0.0106. The number of halogens is 2. The van der Waals surface area contributed by atoms with Gasteiger partial charge in [0, 0.05) is 24.3 Å². The molecule has 0 unspecified atom stereocenters. The van der Waals surface area contributed by atoms with E-state index in [1.165, 1.54) is 54.7 Å². The zero-order valence-corrected chi connectivity index (χ0v) is 22.8. The van der Waals surface area contributed by atoms with Crippen LogP contribution < -0.4 is 15.6 Å². The molecular formula is C31H28F2N4O5. The molecule has 11 heteroatoms. The molecule has 0 aliphatic carbocycles. The number of carbonyl (C=O) groups excluding carboxylic acids is 2. The molecule has 1 saturated heterocycles. The van der Waals surface area contributed by atoms with Gasteiger partial charge in [0.25, 0.3) is 11.5 Å². The predicted octanol–water partition coefficient (Wildman–Crippen LogP) is 5.46. The first-order valence-electron chi connectivity index (χ1n) is 13.5. The Kier molecular flexibility index (Phi) is 8.56. The normalized spacial score (nSPS) is 14.7. The maximum Gasteiger partial charge on any atom is 0.310 e. The maximum absolute atomic E-state index is 13.6. The molecule has 1 fully saturated rings. The van der Waals surface area contributed by atoms with Gasteiger partial charge in [0.2, 0.25) is 0 Å². The number of carbonyl (C=O) groups is 2. The molecule has 42 heavy (non-hydrogen) atoms. The van der Waals surface area contributed by atoms with Crippen LogP contribution in [0.15, 0.2) is 83.8 Å². The summed E-state index contributed by atoms with van der Waals surface area (Å²) in [5, 5.41) is 7.22. The summed E-state index contributed by atoms with van der Waals surface area (Å²) >= 11 is 0. The molecule has 1 atom stereocenters. The van der Waals surface area contributed by atoms with Crippen molar-refractivity contribution < 1.29 is 27.8 Å². The summed E-state index contributed by atoms with van der Waals surface area (Å²) in [6, 6.07) is 17.1. The van der Waals surface area contributed by atoms with E-state index >= 15 is 0 Å². The zero-order valence-electron chi connectivity index (χ0n) is 22.8. The Morgan fingerprint density at radius 2 is 1.74 bits per heavy atom. The van der Waals surface area contributed by atoms with Gasteiger partial charge in [0.15, 0.2) is 11.4 Å². The summed E-state index contributed by atoms with van der Waals surface area (Å²) in [6.07, 6.45) is 2.65. The van der Waals surface area contributed by atoms with Gasteiger partial charge in [-0.1, -0.05) is 6.07 Å². The Hall–Kier alpha value is -5.06. The predicted molar refractivity (Wildman–Crippen MR) is 151 cm³/mol. The molecule has 1 aliphatic heterocycles. The van der Waals surface area contributed by atoms with Crippen LogP contribution in [0.25, 0.3) is 5.69 Å². The van der Waals surface area contributed by atoms with Gasteiger partial charge >= 0.3 is 5.97 Å². The smallest absolute Gasteiger partial charge is 0.310 e. The Bertz CT molecular complexity index is 1640. The Morgan fingerprint density at radius 3 is 2.45 bits per heavy atom. The summed E-state index contributed by atoms with van der Waals surface area (Å²) in [7, 11) is 0. The highest BCUT2D eigenvalue weighted by Crippen LogP contribution is 2.30. The first-order chi connectivity index (χ1) is 20.3. The van der Waals surface area contributed by atoms with E-state index in [1.54, 1.807) is 36.1 Å². The first kappa shape index (κ1) is 28.5. The van der Waals surface area contributed by atoms with Crippen LogP contribution in [0.4, 0.5) is 20.2 Å². The average molecular weight is 575 g/mol. The number of amides is 1. The number of piperidine rings is 1. The van der Waals surface area contributed by atoms with Crippen molar-refractivity contribution in [1.82, 2.24) is 14.7 Å². The lowest BCUT2D eigenvalue weighted by Crippen LogP contribution is -2.42. The first-order valence-corrected chi connectivity index (χ1v) is 13.5. The van der Waals surface area contributed by atoms with E-state index in [-0.39, 0.29) is 48.1 Å². The Balaban J connectivity index is 1.45. The number of ether oxygens (including phenoxy) is 2. The van der Waals surface area contributed by atoms with Gasteiger partial charge < -0.3 is 19.7 Å². The Morgan fingerprint density at radius 1 is 1.02 bits per heavy atom. The number of aromatic nitrogens is 2. The third-order valence-corrected chi connectivity index (χ3v) is 6.76. The van der Waals surface area contributed by atoms with Gasteiger partial charge in [-0.25, -0.2) is 8.78 Å². The van der Waals surface area contributed by atoms with Crippen molar-refractivity contribution in [1.29, 1.82) is 0 Å². The fourth-order valence-electron chi connectivity index (χ4n) is 4.70. The average Bonchev–Trinajstić information content (AvgIpc) is 3.00. The second kappa shape index (κ2) is 12.6. The third kappa shape index (κ3) is 6.46. The molecular weight excluding hydrogens is 546 g/mol. The summed E-state index contributed by atoms with van der Waals surface area (Å²) in [5.74, 6) is -1.54. The van der Waals surface area contributed by atoms with Crippen LogP contribution in [0.5, 0.6) is 11.5 Å². The number of esters is 1. The van der Waals surface area contributed by atoms with Crippen LogP contribution in [-0.4, -0.2) is 46.3 Å². The second-order valence-corrected chi connectivity index (χ2v) is 9.68. The lowest BCUT2D eigenvalue weighted by Gasteiger charge is -2.31. The van der Waals surface area contributed by atoms with Crippen LogP contribution >= 0.6 is 0 Å². The van der Waals surface area contributed by atoms with E-state index in [0.29, 0.717) is 36.3 Å². The van der Waals surface area contributed by atoms with Crippen molar-refractivity contribution in [2.75, 3.05) is 25.0 Å². The number of nitrogens with one attached hydrogen (secondary N) is 1. The van der Waals surface area contributed by atoms with Crippen LogP contribution in [0.3, 0.4) is 0 Å². The van der Waals surface area contributed by atoms with E-state index in [0.717, 1.165) is 4.68 Å². The molecule has 4 aromatic rings. The van der Waals surface area contributed by atoms with Gasteiger partial charge in [-0.05, 0) is 86.5 Å². The number of hydrogen-bond acceptors (Lipinski definition) is 7. The van der Waals surface area contributed by atoms with E-state index < -0.39 is 17.2 Å². The minimum atomic E-state index is -0.605. The summed E-state index contributed by atoms with van der Waals surface area (Å²) < 4.78 is 39.1. The number of anilines is 2. The molecule has 5 rings (SSSR count). The molecule has 2 heterocycles. The number of rotatable bonds is 8. The largest absolute Gasteiger partial charge is 0.466 e. The molecule has 1 amide bonds. The highest BCUT2D eigenvalue weighted by Gasteiger charge is 2.30. The number of benzene rings is 3. The molecule has 3 aromatic carbocycles. The van der Waals surface area contributed by atoms with Gasteiger partial charge in [0.1, 0.15) is 17.4 Å². The molecule has 1 aliphatic rings. The van der Waals surface area contributed by atoms with Crippen molar-refractivity contribution in [3.05, 3.63) is 107 Å². The summed E-state index contributed by atoms with van der Waals surface area (Å²) in [4.78, 5) is 40.9. The zero-order chi connectivity index (χ0) is 29.6. The summed E-state index contributed by atoms with van der Waals surface area (Å²) in [6.45, 7) is 2.80. The van der Waals surface area contributed by atoms with Crippen molar-refractivity contribution >= 4 is 23.3 Å². The van der Waals surface area contributed by atoms with Gasteiger partial charge in [-0.15, -0.1) is 0 Å². The quantitative estimate of drug-likeness (QED) is 0.279. The van der Waals surface area contributed by atoms with Crippen LogP contribution in [0.2, 0.25) is 0 Å². The van der Waals surface area contributed by atoms with Crippen LogP contribution in [0.1, 0.15) is 30.1 Å². The van der Waals surface area contributed by atoms with Crippen molar-refractivity contribution in [2.45, 2.75) is 19.8 Å². The van der Waals surface area contributed by atoms with E-state index in [1.807, 2.05) is 0 Å². The fraction of sp³-hybridized carbons (Fsp3) is 0.226. The molecule has 1 N–H and O–H groups in total. The van der Waals surface area contributed by atoms with Crippen LogP contribution in [0, 0.1) is 17.6 Å². The third-order valence-electron chi connectivity index (χ3n) is 6.76. The maximum atomic E-state index is 13.6. The number of likely N-dealkylation sites (tertiary alicyclic amines) is 1. The monoisotopic (exact) mass is 574 g/mol. The van der Waals surface area contributed by atoms with Crippen molar-refractivity contribution in [3.63, 3.8) is 0 Å². The molecule has 0 radical (unpaired) electrons. The highest BCUT2D eigenvalue weighted by atomic mass is 19.1. The van der Waals surface area contributed by atoms with Gasteiger partial charge in [0.05, 0.1) is 24.4 Å². The molecule has 216 valence electrons. The second-order valence-electron chi connectivity index (χ2n) is 9.68. The number of nitrogens with zero attached hydrogens (tertiary/aromatic N) is 3. The lowest BCUT2D eigenvalue weighted by atomic mass is 9.97. The number of hydrogen-bond donors (Lipinski definition) is 1. The standard InChI is InChI=1S/C31H28F2N4O5/c1-2-41-31(40)21-6-4-16-36(19-21)29(38)20-5-3-7-24(17-20)35-28-27(42-26-14-10-23(33)11-15-26)18-34-37(30(28)39)25-12-8-22(32)9-13-25/h3,5,7-15,17-18,21,35H,2,4,6,16,19H2,1H3/t21-/m0/s1. The van der Waals surface area contributed by atoms with Crippen molar-refractivity contribution in [3.8, 4) is 17.2 Å². The molecule has 0 saturated carbocycles. The summed E-state index contributed by atoms with van der Waals surface area (Å²) in [5.41, 5.74) is 0.481. The van der Waals surface area contributed by atoms with Gasteiger partial charge in [-0.2, -0.15) is 9.78 Å². The van der Waals surface area contributed by atoms with E-state index in [2.05, 4.69) is 10.4 Å². The fourth-order valence-corrected chi connectivity index (χ4v) is 4.70. The molecule has 0 spiro atoms.